The Labute approximate surface area is 122 Å². The molecule has 0 radical (unpaired) electrons. The van der Waals surface area contributed by atoms with E-state index < -0.39 is 0 Å². The lowest BCUT2D eigenvalue weighted by Crippen LogP contribution is -2.07. The highest BCUT2D eigenvalue weighted by molar-refractivity contribution is 6.06. The third kappa shape index (κ3) is 2.18. The van der Waals surface area contributed by atoms with Crippen molar-refractivity contribution in [3.63, 3.8) is 0 Å². The fraction of sp³-hybridized carbons (Fsp3) is 0.267. The standard InChI is InChI=1S/C15H18N6/c1-2-12-20-13-14(21(12)8-7-18-9-16)10-5-3-4-6-11(10)19-15(13)17/h3-6,9H,2,7-8H2,1H3,(H2,16,18)(H2,17,19). The molecule has 0 aliphatic carbocycles. The van der Waals surface area contributed by atoms with Crippen LogP contribution in [0.15, 0.2) is 29.3 Å². The normalized spacial score (nSPS) is 11.9. The van der Waals surface area contributed by atoms with Crippen molar-refractivity contribution in [3.05, 3.63) is 30.1 Å². The molecule has 21 heavy (non-hydrogen) atoms. The number of nitrogen functional groups attached to an aromatic ring is 1. The van der Waals surface area contributed by atoms with Crippen LogP contribution in [0.4, 0.5) is 5.82 Å². The second kappa shape index (κ2) is 5.40. The van der Waals surface area contributed by atoms with Crippen molar-refractivity contribution < 1.29 is 0 Å². The summed E-state index contributed by atoms with van der Waals surface area (Å²) in [5, 5.41) is 1.06. The van der Waals surface area contributed by atoms with Crippen molar-refractivity contribution in [2.24, 2.45) is 10.7 Å². The number of aliphatic imine (C=N–C) groups is 1. The topological polar surface area (TPSA) is 95.1 Å². The second-order valence-corrected chi connectivity index (χ2v) is 4.80. The minimum Gasteiger partial charge on any atom is -0.390 e. The van der Waals surface area contributed by atoms with Gasteiger partial charge in [-0.1, -0.05) is 25.1 Å². The van der Waals surface area contributed by atoms with Gasteiger partial charge < -0.3 is 16.0 Å². The molecule has 0 amide bonds. The van der Waals surface area contributed by atoms with E-state index >= 15 is 0 Å². The lowest BCUT2D eigenvalue weighted by Gasteiger charge is -2.08. The number of nitrogens with zero attached hydrogens (tertiary/aromatic N) is 4. The lowest BCUT2D eigenvalue weighted by molar-refractivity contribution is 0.687. The Morgan fingerprint density at radius 3 is 2.86 bits per heavy atom. The Kier molecular flexibility index (Phi) is 3.43. The van der Waals surface area contributed by atoms with Crippen molar-refractivity contribution in [1.29, 1.82) is 0 Å². The van der Waals surface area contributed by atoms with Gasteiger partial charge in [0.1, 0.15) is 11.3 Å². The maximum atomic E-state index is 6.08. The molecule has 0 bridgehead atoms. The molecular formula is C15H18N6. The molecule has 6 heteroatoms. The molecule has 0 saturated carbocycles. The molecule has 2 aromatic heterocycles. The van der Waals surface area contributed by atoms with Crippen molar-refractivity contribution >= 4 is 34.1 Å². The molecule has 0 spiro atoms. The van der Waals surface area contributed by atoms with Gasteiger partial charge in [-0.2, -0.15) is 0 Å². The summed E-state index contributed by atoms with van der Waals surface area (Å²) in [4.78, 5) is 13.2. The van der Waals surface area contributed by atoms with Crippen molar-refractivity contribution in [2.75, 3.05) is 12.3 Å². The average Bonchev–Trinajstić information content (AvgIpc) is 2.87. The van der Waals surface area contributed by atoms with Gasteiger partial charge in [-0.25, -0.2) is 9.97 Å². The predicted octanol–water partition coefficient (Wildman–Crippen LogP) is 1.72. The van der Waals surface area contributed by atoms with Crippen LogP contribution in [-0.2, 0) is 13.0 Å². The maximum Gasteiger partial charge on any atom is 0.152 e. The van der Waals surface area contributed by atoms with Crippen LogP contribution in [-0.4, -0.2) is 27.4 Å². The molecule has 4 N–H and O–H groups in total. The summed E-state index contributed by atoms with van der Waals surface area (Å²) in [5.41, 5.74) is 14.1. The summed E-state index contributed by atoms with van der Waals surface area (Å²) in [6.45, 7) is 3.42. The van der Waals surface area contributed by atoms with Gasteiger partial charge in [0, 0.05) is 18.4 Å². The minimum atomic E-state index is 0.472. The summed E-state index contributed by atoms with van der Waals surface area (Å²) < 4.78 is 2.17. The number of nitrogens with two attached hydrogens (primary N) is 2. The molecule has 6 nitrogen and oxygen atoms in total. The first kappa shape index (κ1) is 13.4. The number of anilines is 1. The minimum absolute atomic E-state index is 0.472. The summed E-state index contributed by atoms with van der Waals surface area (Å²) >= 11 is 0. The largest absolute Gasteiger partial charge is 0.390 e. The van der Waals surface area contributed by atoms with E-state index in [0.29, 0.717) is 12.4 Å². The van der Waals surface area contributed by atoms with Gasteiger partial charge in [-0.3, -0.25) is 4.99 Å². The Hall–Kier alpha value is -2.63. The third-order valence-electron chi connectivity index (χ3n) is 3.56. The molecule has 0 atom stereocenters. The molecular weight excluding hydrogens is 264 g/mol. The molecule has 2 heterocycles. The van der Waals surface area contributed by atoms with Crippen molar-refractivity contribution in [3.8, 4) is 0 Å². The molecule has 0 unspecified atom stereocenters. The number of para-hydroxylation sites is 1. The van der Waals surface area contributed by atoms with Crippen LogP contribution >= 0.6 is 0 Å². The highest BCUT2D eigenvalue weighted by Gasteiger charge is 2.15. The molecule has 1 aromatic carbocycles. The number of aromatic nitrogens is 3. The summed E-state index contributed by atoms with van der Waals surface area (Å²) in [5.74, 6) is 1.46. The van der Waals surface area contributed by atoms with Crippen LogP contribution in [0.25, 0.3) is 21.9 Å². The SMILES string of the molecule is CCc1nc2c(N)nc3ccccc3c2n1CCN=CN. The van der Waals surface area contributed by atoms with Gasteiger partial charge in [0.15, 0.2) is 5.82 Å². The number of pyridine rings is 1. The Morgan fingerprint density at radius 2 is 2.10 bits per heavy atom. The highest BCUT2D eigenvalue weighted by Crippen LogP contribution is 2.28. The summed E-state index contributed by atoms with van der Waals surface area (Å²) in [7, 11) is 0. The van der Waals surface area contributed by atoms with Crippen LogP contribution < -0.4 is 11.5 Å². The number of hydrogen-bond donors (Lipinski definition) is 2. The Balaban J connectivity index is 2.31. The number of hydrogen-bond acceptors (Lipinski definition) is 4. The number of aryl methyl sites for hydroxylation is 1. The van der Waals surface area contributed by atoms with Crippen LogP contribution in [0, 0.1) is 0 Å². The highest BCUT2D eigenvalue weighted by atomic mass is 15.1. The van der Waals surface area contributed by atoms with Crippen LogP contribution in [0.1, 0.15) is 12.7 Å². The zero-order valence-corrected chi connectivity index (χ0v) is 12.0. The molecule has 108 valence electrons. The first-order valence-electron chi connectivity index (χ1n) is 6.99. The predicted molar refractivity (Wildman–Crippen MR) is 86.4 cm³/mol. The van der Waals surface area contributed by atoms with E-state index in [1.807, 2.05) is 24.3 Å². The zero-order chi connectivity index (χ0) is 14.8. The van der Waals surface area contributed by atoms with E-state index in [9.17, 15) is 0 Å². The van der Waals surface area contributed by atoms with Crippen molar-refractivity contribution in [2.45, 2.75) is 19.9 Å². The monoisotopic (exact) mass is 282 g/mol. The van der Waals surface area contributed by atoms with Crippen LogP contribution in [0.3, 0.4) is 0 Å². The fourth-order valence-corrected chi connectivity index (χ4v) is 2.65. The summed E-state index contributed by atoms with van der Waals surface area (Å²) in [6, 6.07) is 7.97. The van der Waals surface area contributed by atoms with Gasteiger partial charge >= 0.3 is 0 Å². The van der Waals surface area contributed by atoms with Gasteiger partial charge in [-0.05, 0) is 6.07 Å². The first-order valence-corrected chi connectivity index (χ1v) is 6.99. The van der Waals surface area contributed by atoms with E-state index in [0.717, 1.165) is 40.7 Å². The lowest BCUT2D eigenvalue weighted by atomic mass is 10.2. The molecule has 0 saturated heterocycles. The van der Waals surface area contributed by atoms with Crippen molar-refractivity contribution in [1.82, 2.24) is 14.5 Å². The fourth-order valence-electron chi connectivity index (χ4n) is 2.65. The maximum absolute atomic E-state index is 6.08. The van der Waals surface area contributed by atoms with Crippen LogP contribution in [0.5, 0.6) is 0 Å². The third-order valence-corrected chi connectivity index (χ3v) is 3.56. The Morgan fingerprint density at radius 1 is 1.29 bits per heavy atom. The molecule has 3 aromatic rings. The number of imidazole rings is 1. The average molecular weight is 282 g/mol. The molecule has 3 rings (SSSR count). The van der Waals surface area contributed by atoms with Crippen LogP contribution in [0.2, 0.25) is 0 Å². The van der Waals surface area contributed by atoms with E-state index in [4.69, 9.17) is 11.5 Å². The number of fused-ring (bicyclic) bond motifs is 3. The quantitative estimate of drug-likeness (QED) is 0.562. The first-order chi connectivity index (χ1) is 10.3. The molecule has 0 aliphatic rings. The van der Waals surface area contributed by atoms with Gasteiger partial charge in [0.05, 0.1) is 23.9 Å². The summed E-state index contributed by atoms with van der Waals surface area (Å²) in [6.07, 6.45) is 2.16. The molecule has 0 fully saturated rings. The van der Waals surface area contributed by atoms with E-state index in [1.54, 1.807) is 0 Å². The van der Waals surface area contributed by atoms with Gasteiger partial charge in [0.25, 0.3) is 0 Å². The van der Waals surface area contributed by atoms with E-state index in [1.165, 1.54) is 6.34 Å². The zero-order valence-electron chi connectivity index (χ0n) is 12.0. The van der Waals surface area contributed by atoms with E-state index in [2.05, 4.69) is 26.5 Å². The molecule has 0 aliphatic heterocycles. The number of benzene rings is 1. The van der Waals surface area contributed by atoms with E-state index in [-0.39, 0.29) is 0 Å². The van der Waals surface area contributed by atoms with Gasteiger partial charge in [0.2, 0.25) is 0 Å². The number of rotatable bonds is 4. The smallest absolute Gasteiger partial charge is 0.152 e. The Bertz CT molecular complexity index is 818. The van der Waals surface area contributed by atoms with Gasteiger partial charge in [-0.15, -0.1) is 0 Å². The second-order valence-electron chi connectivity index (χ2n) is 4.80.